The number of para-hydroxylation sites is 1. The van der Waals surface area contributed by atoms with Gasteiger partial charge in [0.05, 0.1) is 11.3 Å². The van der Waals surface area contributed by atoms with Gasteiger partial charge in [-0.25, -0.2) is 0 Å². The van der Waals surface area contributed by atoms with E-state index < -0.39 is 17.6 Å². The number of anilines is 1. The van der Waals surface area contributed by atoms with Gasteiger partial charge in [0, 0.05) is 19.0 Å². The molecule has 0 radical (unpaired) electrons. The van der Waals surface area contributed by atoms with Crippen LogP contribution in [0.25, 0.3) is 0 Å². The molecule has 0 heterocycles. The maximum Gasteiger partial charge on any atom is 0.418 e. The van der Waals surface area contributed by atoms with Crippen molar-refractivity contribution in [2.75, 3.05) is 11.9 Å². The largest absolute Gasteiger partial charge is 0.418 e. The van der Waals surface area contributed by atoms with Crippen molar-refractivity contribution < 1.29 is 18.0 Å². The second kappa shape index (κ2) is 6.93. The molecule has 1 saturated carbocycles. The molecule has 3 nitrogen and oxygen atoms in total. The number of hydrogen-bond acceptors (Lipinski definition) is 2. The van der Waals surface area contributed by atoms with E-state index in [9.17, 15) is 18.0 Å². The van der Waals surface area contributed by atoms with Crippen LogP contribution in [0.1, 0.15) is 37.7 Å². The van der Waals surface area contributed by atoms with Gasteiger partial charge in [0.25, 0.3) is 0 Å². The number of alkyl halides is 3. The van der Waals surface area contributed by atoms with Crippen molar-refractivity contribution >= 4 is 11.6 Å². The standard InChI is InChI=1S/C15H19F3N2O/c16-15(17,18)12-7-3-4-8-13(12)20-14(21)9-10-19-11-5-1-2-6-11/h3-4,7-8,11,19H,1-2,5-6,9-10H2,(H,20,21). The fourth-order valence-electron chi connectivity index (χ4n) is 2.57. The molecule has 2 rings (SSSR count). The average Bonchev–Trinajstić information content (AvgIpc) is 2.91. The summed E-state index contributed by atoms with van der Waals surface area (Å²) in [4.78, 5) is 11.7. The Bertz CT molecular complexity index is 482. The zero-order chi connectivity index (χ0) is 15.3. The first kappa shape index (κ1) is 15.8. The molecule has 1 aliphatic carbocycles. The summed E-state index contributed by atoms with van der Waals surface area (Å²) in [7, 11) is 0. The van der Waals surface area contributed by atoms with Gasteiger partial charge in [0.1, 0.15) is 0 Å². The molecule has 21 heavy (non-hydrogen) atoms. The summed E-state index contributed by atoms with van der Waals surface area (Å²) in [6, 6.07) is 5.46. The lowest BCUT2D eigenvalue weighted by Gasteiger charge is -2.14. The van der Waals surface area contributed by atoms with E-state index in [2.05, 4.69) is 10.6 Å². The van der Waals surface area contributed by atoms with Crippen LogP contribution in [0.3, 0.4) is 0 Å². The van der Waals surface area contributed by atoms with Crippen LogP contribution < -0.4 is 10.6 Å². The van der Waals surface area contributed by atoms with E-state index in [0.717, 1.165) is 18.9 Å². The Morgan fingerprint density at radius 2 is 1.86 bits per heavy atom. The number of benzene rings is 1. The van der Waals surface area contributed by atoms with Crippen LogP contribution in [0.5, 0.6) is 0 Å². The second-order valence-corrected chi connectivity index (χ2v) is 5.28. The van der Waals surface area contributed by atoms with Crippen LogP contribution in [0.15, 0.2) is 24.3 Å². The van der Waals surface area contributed by atoms with E-state index >= 15 is 0 Å². The van der Waals surface area contributed by atoms with Crippen molar-refractivity contribution in [3.05, 3.63) is 29.8 Å². The van der Waals surface area contributed by atoms with Crippen LogP contribution in [-0.4, -0.2) is 18.5 Å². The lowest BCUT2D eigenvalue weighted by atomic mass is 10.1. The number of rotatable bonds is 5. The highest BCUT2D eigenvalue weighted by Crippen LogP contribution is 2.34. The van der Waals surface area contributed by atoms with E-state index in [1.165, 1.54) is 31.0 Å². The monoisotopic (exact) mass is 300 g/mol. The third-order valence-electron chi connectivity index (χ3n) is 3.65. The molecule has 1 aromatic rings. The first-order valence-electron chi connectivity index (χ1n) is 7.16. The molecule has 1 amide bonds. The van der Waals surface area contributed by atoms with Crippen LogP contribution in [0.2, 0.25) is 0 Å². The molecule has 0 spiro atoms. The lowest BCUT2D eigenvalue weighted by Crippen LogP contribution is -2.29. The zero-order valence-electron chi connectivity index (χ0n) is 11.7. The first-order chi connectivity index (χ1) is 9.97. The van der Waals surface area contributed by atoms with E-state index in [0.29, 0.717) is 12.6 Å². The topological polar surface area (TPSA) is 41.1 Å². The summed E-state index contributed by atoms with van der Waals surface area (Å²) in [6.45, 7) is 0.491. The van der Waals surface area contributed by atoms with Crippen molar-refractivity contribution in [2.24, 2.45) is 0 Å². The van der Waals surface area contributed by atoms with E-state index in [-0.39, 0.29) is 12.1 Å². The molecule has 116 valence electrons. The molecule has 6 heteroatoms. The molecular formula is C15H19F3N2O. The van der Waals surface area contributed by atoms with Gasteiger partial charge in [-0.05, 0) is 25.0 Å². The minimum Gasteiger partial charge on any atom is -0.325 e. The molecule has 1 aliphatic rings. The summed E-state index contributed by atoms with van der Waals surface area (Å²) >= 11 is 0. The minimum absolute atomic E-state index is 0.169. The van der Waals surface area contributed by atoms with Crippen LogP contribution in [0.4, 0.5) is 18.9 Å². The lowest BCUT2D eigenvalue weighted by molar-refractivity contribution is -0.137. The molecule has 1 aromatic carbocycles. The van der Waals surface area contributed by atoms with Crippen molar-refractivity contribution in [1.82, 2.24) is 5.32 Å². The fourth-order valence-corrected chi connectivity index (χ4v) is 2.57. The highest BCUT2D eigenvalue weighted by Gasteiger charge is 2.33. The second-order valence-electron chi connectivity index (χ2n) is 5.28. The van der Waals surface area contributed by atoms with Crippen molar-refractivity contribution in [3.63, 3.8) is 0 Å². The molecule has 0 aromatic heterocycles. The number of hydrogen-bond donors (Lipinski definition) is 2. The third kappa shape index (κ3) is 4.74. The Morgan fingerprint density at radius 3 is 2.52 bits per heavy atom. The maximum absolute atomic E-state index is 12.8. The minimum atomic E-state index is -4.47. The maximum atomic E-state index is 12.8. The molecule has 1 fully saturated rings. The van der Waals surface area contributed by atoms with Crippen molar-refractivity contribution in [3.8, 4) is 0 Å². The third-order valence-corrected chi connectivity index (χ3v) is 3.65. The summed E-state index contributed by atoms with van der Waals surface area (Å²) in [5, 5.41) is 5.60. The van der Waals surface area contributed by atoms with Gasteiger partial charge in [-0.3, -0.25) is 4.79 Å². The molecule has 0 unspecified atom stereocenters. The Kier molecular flexibility index (Phi) is 5.22. The number of amides is 1. The number of carbonyl (C=O) groups is 1. The van der Waals surface area contributed by atoms with Crippen LogP contribution in [-0.2, 0) is 11.0 Å². The average molecular weight is 300 g/mol. The van der Waals surface area contributed by atoms with Gasteiger partial charge in [0.2, 0.25) is 5.91 Å². The number of nitrogens with one attached hydrogen (secondary N) is 2. The van der Waals surface area contributed by atoms with Crippen LogP contribution in [0, 0.1) is 0 Å². The Balaban J connectivity index is 1.85. The quantitative estimate of drug-likeness (QED) is 0.873. The Hall–Kier alpha value is -1.56. The fraction of sp³-hybridized carbons (Fsp3) is 0.533. The van der Waals surface area contributed by atoms with Gasteiger partial charge < -0.3 is 10.6 Å². The Labute approximate surface area is 121 Å². The highest BCUT2D eigenvalue weighted by atomic mass is 19.4. The number of carbonyl (C=O) groups excluding carboxylic acids is 1. The van der Waals surface area contributed by atoms with Crippen LogP contribution >= 0.6 is 0 Å². The zero-order valence-corrected chi connectivity index (χ0v) is 11.7. The van der Waals surface area contributed by atoms with Gasteiger partial charge in [-0.1, -0.05) is 25.0 Å². The Morgan fingerprint density at radius 1 is 1.19 bits per heavy atom. The molecular weight excluding hydrogens is 281 g/mol. The molecule has 0 saturated heterocycles. The summed E-state index contributed by atoms with van der Waals surface area (Å²) < 4.78 is 38.4. The van der Waals surface area contributed by atoms with Gasteiger partial charge >= 0.3 is 6.18 Å². The van der Waals surface area contributed by atoms with Gasteiger partial charge in [-0.2, -0.15) is 13.2 Å². The van der Waals surface area contributed by atoms with Crippen molar-refractivity contribution in [1.29, 1.82) is 0 Å². The molecule has 0 aliphatic heterocycles. The highest BCUT2D eigenvalue weighted by molar-refractivity contribution is 5.91. The molecule has 0 atom stereocenters. The predicted molar refractivity (Wildman–Crippen MR) is 74.9 cm³/mol. The summed E-state index contributed by atoms with van der Waals surface area (Å²) in [5.41, 5.74) is -1.00. The SMILES string of the molecule is O=C(CCNC1CCCC1)Nc1ccccc1C(F)(F)F. The van der Waals surface area contributed by atoms with E-state index in [1.54, 1.807) is 0 Å². The van der Waals surface area contributed by atoms with Crippen molar-refractivity contribution in [2.45, 2.75) is 44.3 Å². The van der Waals surface area contributed by atoms with Gasteiger partial charge in [0.15, 0.2) is 0 Å². The summed E-state index contributed by atoms with van der Waals surface area (Å²) in [6.07, 6.45) is 0.317. The molecule has 0 bridgehead atoms. The summed E-state index contributed by atoms with van der Waals surface area (Å²) in [5.74, 6) is -0.405. The number of halogens is 3. The normalized spacial score (nSPS) is 16.1. The smallest absolute Gasteiger partial charge is 0.325 e. The molecule has 2 N–H and O–H groups in total. The predicted octanol–water partition coefficient (Wildman–Crippen LogP) is 3.57. The van der Waals surface area contributed by atoms with E-state index in [4.69, 9.17) is 0 Å². The first-order valence-corrected chi connectivity index (χ1v) is 7.16. The van der Waals surface area contributed by atoms with E-state index in [1.807, 2.05) is 0 Å². The van der Waals surface area contributed by atoms with Gasteiger partial charge in [-0.15, -0.1) is 0 Å².